The number of allylic oxidation sites excluding steroid dienone is 2. The van der Waals surface area contributed by atoms with Gasteiger partial charge in [0.15, 0.2) is 4.32 Å². The molecule has 4 nitrogen and oxygen atoms in total. The Kier molecular flexibility index (Phi) is 5.88. The van der Waals surface area contributed by atoms with Crippen molar-refractivity contribution in [3.8, 4) is 0 Å². The molecule has 0 spiro atoms. The van der Waals surface area contributed by atoms with Gasteiger partial charge in [0.25, 0.3) is 11.8 Å². The van der Waals surface area contributed by atoms with Gasteiger partial charge in [-0.2, -0.15) is 5.01 Å². The largest absolute Gasteiger partial charge is 0.285 e. The summed E-state index contributed by atoms with van der Waals surface area (Å²) in [6.07, 6.45) is 3.77. The average molecular weight is 395 g/mol. The van der Waals surface area contributed by atoms with Gasteiger partial charge in [0.1, 0.15) is 0 Å². The van der Waals surface area contributed by atoms with Gasteiger partial charge in [-0.15, -0.1) is 0 Å². The highest BCUT2D eigenvalue weighted by Crippen LogP contribution is 2.31. The predicted octanol–water partition coefficient (Wildman–Crippen LogP) is 4.49. The third-order valence-electron chi connectivity index (χ3n) is 3.95. The van der Waals surface area contributed by atoms with E-state index in [0.717, 1.165) is 21.7 Å². The van der Waals surface area contributed by atoms with Crippen LogP contribution in [0.1, 0.15) is 28.4 Å². The van der Waals surface area contributed by atoms with Gasteiger partial charge in [-0.05, 0) is 54.9 Å². The maximum Gasteiger partial charge on any atom is 0.285 e. The number of hydrazine groups is 1. The summed E-state index contributed by atoms with van der Waals surface area (Å²) < 4.78 is 0.306. The lowest BCUT2D eigenvalue weighted by Gasteiger charge is -2.16. The predicted molar refractivity (Wildman–Crippen MR) is 114 cm³/mol. The molecule has 6 heteroatoms. The molecule has 136 valence electrons. The zero-order chi connectivity index (χ0) is 19.4. The van der Waals surface area contributed by atoms with Gasteiger partial charge >= 0.3 is 0 Å². The van der Waals surface area contributed by atoms with E-state index in [2.05, 4.69) is 5.43 Å². The molecule has 2 amide bonds. The van der Waals surface area contributed by atoms with Crippen molar-refractivity contribution in [1.82, 2.24) is 10.4 Å². The first-order valence-electron chi connectivity index (χ1n) is 8.33. The Morgan fingerprint density at radius 1 is 1.11 bits per heavy atom. The van der Waals surface area contributed by atoms with E-state index in [4.69, 9.17) is 12.2 Å². The summed E-state index contributed by atoms with van der Waals surface area (Å²) in [4.78, 5) is 25.6. The Morgan fingerprint density at radius 3 is 2.48 bits per heavy atom. The van der Waals surface area contributed by atoms with Gasteiger partial charge in [-0.1, -0.05) is 66.4 Å². The quantitative estimate of drug-likeness (QED) is 0.613. The number of aryl methyl sites for hydroxylation is 1. The highest BCUT2D eigenvalue weighted by atomic mass is 32.2. The molecule has 2 aromatic carbocycles. The van der Waals surface area contributed by atoms with Crippen LogP contribution in [0.5, 0.6) is 0 Å². The SMILES string of the molecule is CC(=C/c1ccccc1)/C=C1/SC(=S)N(NC(=O)c2ccccc2C)C1=O. The second kappa shape index (κ2) is 8.33. The monoisotopic (exact) mass is 394 g/mol. The fourth-order valence-corrected chi connectivity index (χ4v) is 3.84. The van der Waals surface area contributed by atoms with Crippen molar-refractivity contribution in [3.63, 3.8) is 0 Å². The normalized spacial score (nSPS) is 16.1. The number of hydrogen-bond acceptors (Lipinski definition) is 4. The van der Waals surface area contributed by atoms with E-state index in [0.29, 0.717) is 14.8 Å². The average Bonchev–Trinajstić information content (AvgIpc) is 2.90. The van der Waals surface area contributed by atoms with Crippen LogP contribution < -0.4 is 5.43 Å². The molecular formula is C21H18N2O2S2. The Balaban J connectivity index is 1.76. The molecule has 1 saturated heterocycles. The van der Waals surface area contributed by atoms with Crippen LogP contribution in [0.15, 0.2) is 71.2 Å². The maximum atomic E-state index is 12.7. The summed E-state index contributed by atoms with van der Waals surface area (Å²) in [5.74, 6) is -0.685. The Morgan fingerprint density at radius 2 is 1.78 bits per heavy atom. The molecule has 2 aromatic rings. The third-order valence-corrected chi connectivity index (χ3v) is 5.25. The molecule has 0 unspecified atom stereocenters. The first kappa shape index (κ1) is 19.1. The van der Waals surface area contributed by atoms with E-state index in [-0.39, 0.29) is 11.8 Å². The molecule has 1 aliphatic heterocycles. The van der Waals surface area contributed by atoms with Gasteiger partial charge in [0.2, 0.25) is 0 Å². The maximum absolute atomic E-state index is 12.7. The summed E-state index contributed by atoms with van der Waals surface area (Å²) >= 11 is 6.45. The minimum atomic E-state index is -0.359. The molecule has 0 atom stereocenters. The summed E-state index contributed by atoms with van der Waals surface area (Å²) in [6.45, 7) is 3.77. The molecule has 3 rings (SSSR count). The standard InChI is InChI=1S/C21H18N2O2S2/c1-14(12-16-9-4-3-5-10-16)13-18-20(25)23(21(26)27-18)22-19(24)17-11-7-6-8-15(17)2/h3-13H,1-2H3,(H,22,24)/b14-12-,18-13+. The van der Waals surface area contributed by atoms with Crippen molar-refractivity contribution in [3.05, 3.63) is 87.8 Å². The number of thioether (sulfide) groups is 1. The van der Waals surface area contributed by atoms with Crippen molar-refractivity contribution in [2.75, 3.05) is 0 Å². The lowest BCUT2D eigenvalue weighted by Crippen LogP contribution is -2.45. The minimum absolute atomic E-state index is 0.306. The Hall–Kier alpha value is -2.70. The number of nitrogens with zero attached hydrogens (tertiary/aromatic N) is 1. The molecule has 0 radical (unpaired) electrons. The van der Waals surface area contributed by atoms with Gasteiger partial charge in [-0.3, -0.25) is 15.0 Å². The molecule has 27 heavy (non-hydrogen) atoms. The first-order valence-corrected chi connectivity index (χ1v) is 9.56. The summed E-state index contributed by atoms with van der Waals surface area (Å²) in [7, 11) is 0. The smallest absolute Gasteiger partial charge is 0.267 e. The summed E-state index contributed by atoms with van der Waals surface area (Å²) in [5, 5.41) is 1.14. The van der Waals surface area contributed by atoms with Crippen LogP contribution in [0.2, 0.25) is 0 Å². The molecule has 0 bridgehead atoms. The number of hydrogen-bond donors (Lipinski definition) is 1. The van der Waals surface area contributed by atoms with Crippen LogP contribution in [-0.2, 0) is 4.79 Å². The lowest BCUT2D eigenvalue weighted by molar-refractivity contribution is -0.123. The summed E-state index contributed by atoms with van der Waals surface area (Å²) in [6, 6.07) is 17.0. The van der Waals surface area contributed by atoms with Crippen molar-refractivity contribution >= 4 is 46.2 Å². The molecular weight excluding hydrogens is 376 g/mol. The van der Waals surface area contributed by atoms with Gasteiger partial charge in [0, 0.05) is 5.56 Å². The number of carbonyl (C=O) groups excluding carboxylic acids is 2. The topological polar surface area (TPSA) is 49.4 Å². The van der Waals surface area contributed by atoms with Crippen LogP contribution in [0.3, 0.4) is 0 Å². The Bertz CT molecular complexity index is 965. The second-order valence-electron chi connectivity index (χ2n) is 6.07. The van der Waals surface area contributed by atoms with Crippen molar-refractivity contribution in [2.24, 2.45) is 0 Å². The Labute approximate surface area is 167 Å². The second-order valence-corrected chi connectivity index (χ2v) is 7.75. The van der Waals surface area contributed by atoms with Crippen LogP contribution in [0, 0.1) is 6.92 Å². The van der Waals surface area contributed by atoms with E-state index < -0.39 is 0 Å². The highest BCUT2D eigenvalue weighted by molar-refractivity contribution is 8.26. The van der Waals surface area contributed by atoms with Gasteiger partial charge < -0.3 is 0 Å². The fourth-order valence-electron chi connectivity index (χ4n) is 2.61. The number of thiocarbonyl (C=S) groups is 1. The molecule has 1 fully saturated rings. The molecule has 1 N–H and O–H groups in total. The molecule has 0 aromatic heterocycles. The number of benzene rings is 2. The fraction of sp³-hybridized carbons (Fsp3) is 0.0952. The van der Waals surface area contributed by atoms with Gasteiger partial charge in [-0.25, -0.2) is 0 Å². The number of nitrogens with one attached hydrogen (secondary N) is 1. The van der Waals surface area contributed by atoms with Crippen LogP contribution >= 0.6 is 24.0 Å². The van der Waals surface area contributed by atoms with E-state index in [1.54, 1.807) is 18.2 Å². The van der Waals surface area contributed by atoms with Crippen molar-refractivity contribution < 1.29 is 9.59 Å². The van der Waals surface area contributed by atoms with Crippen LogP contribution in [0.25, 0.3) is 6.08 Å². The van der Waals surface area contributed by atoms with Crippen LogP contribution in [-0.4, -0.2) is 21.1 Å². The van der Waals surface area contributed by atoms with E-state index in [1.165, 1.54) is 11.8 Å². The zero-order valence-corrected chi connectivity index (χ0v) is 16.6. The lowest BCUT2D eigenvalue weighted by atomic mass is 10.1. The van der Waals surface area contributed by atoms with E-state index >= 15 is 0 Å². The molecule has 0 aliphatic carbocycles. The molecule has 1 aliphatic rings. The van der Waals surface area contributed by atoms with Crippen molar-refractivity contribution in [1.29, 1.82) is 0 Å². The number of rotatable bonds is 4. The highest BCUT2D eigenvalue weighted by Gasteiger charge is 2.33. The van der Waals surface area contributed by atoms with E-state index in [9.17, 15) is 9.59 Å². The van der Waals surface area contributed by atoms with Crippen LogP contribution in [0.4, 0.5) is 0 Å². The minimum Gasteiger partial charge on any atom is -0.267 e. The number of amides is 2. The van der Waals surface area contributed by atoms with Gasteiger partial charge in [0.05, 0.1) is 4.91 Å². The summed E-state index contributed by atoms with van der Waals surface area (Å²) in [5.41, 5.74) is 5.93. The van der Waals surface area contributed by atoms with E-state index in [1.807, 2.05) is 62.4 Å². The molecule has 0 saturated carbocycles. The third kappa shape index (κ3) is 4.53. The zero-order valence-electron chi connectivity index (χ0n) is 14.9. The number of carbonyl (C=O) groups is 2. The molecule has 1 heterocycles. The van der Waals surface area contributed by atoms with Crippen molar-refractivity contribution in [2.45, 2.75) is 13.8 Å². The first-order chi connectivity index (χ1) is 13.0.